The summed E-state index contributed by atoms with van der Waals surface area (Å²) in [5, 5.41) is 3.51. The minimum atomic E-state index is -3.97. The smallest absolute Gasteiger partial charge is 0.264 e. The van der Waals surface area contributed by atoms with Gasteiger partial charge in [-0.2, -0.15) is 0 Å². The molecule has 6 nitrogen and oxygen atoms in total. The van der Waals surface area contributed by atoms with Gasteiger partial charge in [0, 0.05) is 11.6 Å². The summed E-state index contributed by atoms with van der Waals surface area (Å²) in [6.45, 7) is 2.00. The molecule has 1 amide bonds. The fraction of sp³-hybridized carbons (Fsp3) is 0.240. The Bertz CT molecular complexity index is 1180. The van der Waals surface area contributed by atoms with Crippen LogP contribution in [-0.2, 0) is 21.2 Å². The number of anilines is 1. The lowest BCUT2D eigenvalue weighted by atomic mass is 10.1. The fourth-order valence-corrected chi connectivity index (χ4v) is 4.95. The maximum Gasteiger partial charge on any atom is 0.264 e. The Hall–Kier alpha value is -3.03. The monoisotopic (exact) mass is 486 g/mol. The number of hydrogen-bond donors (Lipinski definition) is 1. The summed E-state index contributed by atoms with van der Waals surface area (Å²) >= 11 is 6.17. The standard InChI is InChI=1S/C25H27ClN2O4S/c1-19-9-11-21(12-10-19)28(33(30,31)23-15-13-22(32-2)14-16-23)18-25(29)27-17-5-7-20-6-3-4-8-24(20)26/h3-4,6,8-16H,5,7,17-18H2,1-2H3,(H,27,29). The van der Waals surface area contributed by atoms with Gasteiger partial charge in [0.15, 0.2) is 0 Å². The van der Waals surface area contributed by atoms with Gasteiger partial charge >= 0.3 is 0 Å². The van der Waals surface area contributed by atoms with Crippen molar-refractivity contribution in [2.24, 2.45) is 0 Å². The number of nitrogens with zero attached hydrogens (tertiary/aromatic N) is 1. The number of nitrogens with one attached hydrogen (secondary N) is 1. The summed E-state index contributed by atoms with van der Waals surface area (Å²) in [5.41, 5.74) is 2.42. The minimum absolute atomic E-state index is 0.0791. The third-order valence-corrected chi connectivity index (χ3v) is 7.32. The van der Waals surface area contributed by atoms with Gasteiger partial charge in [0.25, 0.3) is 10.0 Å². The summed E-state index contributed by atoms with van der Waals surface area (Å²) in [4.78, 5) is 12.8. The SMILES string of the molecule is COc1ccc(S(=O)(=O)N(CC(=O)NCCCc2ccccc2Cl)c2ccc(C)cc2)cc1. The van der Waals surface area contributed by atoms with E-state index in [0.29, 0.717) is 35.8 Å². The van der Waals surface area contributed by atoms with E-state index in [9.17, 15) is 13.2 Å². The Morgan fingerprint density at radius 1 is 1.00 bits per heavy atom. The molecule has 0 aliphatic carbocycles. The number of benzene rings is 3. The molecule has 174 valence electrons. The highest BCUT2D eigenvalue weighted by Gasteiger charge is 2.27. The highest BCUT2D eigenvalue weighted by Crippen LogP contribution is 2.25. The molecular weight excluding hydrogens is 460 g/mol. The van der Waals surface area contributed by atoms with Crippen molar-refractivity contribution in [1.29, 1.82) is 0 Å². The Balaban J connectivity index is 1.72. The predicted octanol–water partition coefficient (Wildman–Crippen LogP) is 4.60. The van der Waals surface area contributed by atoms with Crippen molar-refractivity contribution in [3.8, 4) is 5.75 Å². The largest absolute Gasteiger partial charge is 0.497 e. The summed E-state index contributed by atoms with van der Waals surface area (Å²) in [7, 11) is -2.45. The van der Waals surface area contributed by atoms with Crippen molar-refractivity contribution in [3.63, 3.8) is 0 Å². The molecule has 3 rings (SSSR count). The topological polar surface area (TPSA) is 75.7 Å². The number of aryl methyl sites for hydroxylation is 2. The van der Waals surface area contributed by atoms with Gasteiger partial charge in [0.05, 0.1) is 17.7 Å². The van der Waals surface area contributed by atoms with Crippen LogP contribution in [0, 0.1) is 6.92 Å². The van der Waals surface area contributed by atoms with Crippen molar-refractivity contribution < 1.29 is 17.9 Å². The maximum absolute atomic E-state index is 13.4. The zero-order valence-corrected chi connectivity index (χ0v) is 20.2. The normalized spacial score (nSPS) is 11.1. The second-order valence-electron chi connectivity index (χ2n) is 7.57. The van der Waals surface area contributed by atoms with Gasteiger partial charge in [-0.15, -0.1) is 0 Å². The van der Waals surface area contributed by atoms with Crippen LogP contribution in [0.5, 0.6) is 5.75 Å². The Morgan fingerprint density at radius 2 is 1.67 bits per heavy atom. The molecule has 0 spiro atoms. The van der Waals surface area contributed by atoms with Crippen LogP contribution in [-0.4, -0.2) is 34.5 Å². The van der Waals surface area contributed by atoms with E-state index in [1.54, 1.807) is 24.3 Å². The minimum Gasteiger partial charge on any atom is -0.497 e. The molecule has 3 aromatic rings. The number of sulfonamides is 1. The molecule has 0 aliphatic rings. The number of hydrogen-bond acceptors (Lipinski definition) is 4. The molecule has 0 fully saturated rings. The van der Waals surface area contributed by atoms with Gasteiger partial charge in [-0.3, -0.25) is 9.10 Å². The average Bonchev–Trinajstić information content (AvgIpc) is 2.82. The number of rotatable bonds is 10. The number of halogens is 1. The lowest BCUT2D eigenvalue weighted by molar-refractivity contribution is -0.119. The fourth-order valence-electron chi connectivity index (χ4n) is 3.30. The van der Waals surface area contributed by atoms with Crippen LogP contribution >= 0.6 is 11.6 Å². The first-order valence-corrected chi connectivity index (χ1v) is 12.4. The van der Waals surface area contributed by atoms with E-state index in [1.165, 1.54) is 19.2 Å². The van der Waals surface area contributed by atoms with Crippen LogP contribution < -0.4 is 14.4 Å². The van der Waals surface area contributed by atoms with Crippen molar-refractivity contribution >= 4 is 33.2 Å². The van der Waals surface area contributed by atoms with Crippen molar-refractivity contribution in [1.82, 2.24) is 5.32 Å². The zero-order chi connectivity index (χ0) is 23.8. The second-order valence-corrected chi connectivity index (χ2v) is 9.84. The lowest BCUT2D eigenvalue weighted by Crippen LogP contribution is -2.41. The van der Waals surface area contributed by atoms with E-state index >= 15 is 0 Å². The molecule has 0 saturated heterocycles. The molecule has 1 N–H and O–H groups in total. The molecule has 8 heteroatoms. The average molecular weight is 487 g/mol. The molecule has 0 aromatic heterocycles. The first-order chi connectivity index (χ1) is 15.8. The van der Waals surface area contributed by atoms with Crippen LogP contribution in [0.25, 0.3) is 0 Å². The van der Waals surface area contributed by atoms with Crippen LogP contribution in [0.4, 0.5) is 5.69 Å². The molecule has 33 heavy (non-hydrogen) atoms. The third-order valence-electron chi connectivity index (χ3n) is 5.16. The van der Waals surface area contributed by atoms with Crippen molar-refractivity contribution in [2.45, 2.75) is 24.7 Å². The van der Waals surface area contributed by atoms with Gasteiger partial charge in [-0.1, -0.05) is 47.5 Å². The Labute approximate surface area is 200 Å². The highest BCUT2D eigenvalue weighted by molar-refractivity contribution is 7.92. The van der Waals surface area contributed by atoms with E-state index in [0.717, 1.165) is 15.4 Å². The molecule has 0 atom stereocenters. The van der Waals surface area contributed by atoms with E-state index < -0.39 is 10.0 Å². The van der Waals surface area contributed by atoms with E-state index in [2.05, 4.69) is 5.32 Å². The second kappa shape index (κ2) is 11.2. The van der Waals surface area contributed by atoms with Crippen molar-refractivity contribution in [3.05, 3.63) is 88.9 Å². The van der Waals surface area contributed by atoms with Crippen LogP contribution in [0.1, 0.15) is 17.5 Å². The van der Waals surface area contributed by atoms with Gasteiger partial charge < -0.3 is 10.1 Å². The maximum atomic E-state index is 13.4. The van der Waals surface area contributed by atoms with Crippen LogP contribution in [0.2, 0.25) is 5.02 Å². The molecule has 0 unspecified atom stereocenters. The molecule has 3 aromatic carbocycles. The van der Waals surface area contributed by atoms with Crippen LogP contribution in [0.3, 0.4) is 0 Å². The van der Waals surface area contributed by atoms with E-state index in [1.807, 2.05) is 43.3 Å². The quantitative estimate of drug-likeness (QED) is 0.425. The van der Waals surface area contributed by atoms with Crippen LogP contribution in [0.15, 0.2) is 77.7 Å². The predicted molar refractivity (Wildman–Crippen MR) is 131 cm³/mol. The summed E-state index contributed by atoms with van der Waals surface area (Å²) < 4.78 is 33.0. The van der Waals surface area contributed by atoms with Gasteiger partial charge in [0.1, 0.15) is 12.3 Å². The molecule has 0 bridgehead atoms. The lowest BCUT2D eigenvalue weighted by Gasteiger charge is -2.24. The summed E-state index contributed by atoms with van der Waals surface area (Å²) in [5.74, 6) is 0.166. The molecular formula is C25H27ClN2O4S. The zero-order valence-electron chi connectivity index (χ0n) is 18.6. The first-order valence-electron chi connectivity index (χ1n) is 10.5. The number of carbonyl (C=O) groups is 1. The number of amides is 1. The summed E-state index contributed by atoms with van der Waals surface area (Å²) in [6, 6.07) is 20.7. The van der Waals surface area contributed by atoms with Gasteiger partial charge in [-0.05, 0) is 67.8 Å². The Kier molecular flexibility index (Phi) is 8.36. The van der Waals surface area contributed by atoms with E-state index in [-0.39, 0.29) is 17.3 Å². The number of methoxy groups -OCH3 is 1. The molecule has 0 aliphatic heterocycles. The van der Waals surface area contributed by atoms with Gasteiger partial charge in [-0.25, -0.2) is 8.42 Å². The third kappa shape index (κ3) is 6.49. The Morgan fingerprint density at radius 3 is 2.30 bits per heavy atom. The van der Waals surface area contributed by atoms with Crippen molar-refractivity contribution in [2.75, 3.05) is 24.5 Å². The molecule has 0 heterocycles. The molecule has 0 radical (unpaired) electrons. The molecule has 0 saturated carbocycles. The van der Waals surface area contributed by atoms with E-state index in [4.69, 9.17) is 16.3 Å². The summed E-state index contributed by atoms with van der Waals surface area (Å²) in [6.07, 6.45) is 1.40. The number of carbonyl (C=O) groups excluding carboxylic acids is 1. The first kappa shape index (κ1) is 24.6. The highest BCUT2D eigenvalue weighted by atomic mass is 35.5. The number of ether oxygens (including phenoxy) is 1. The van der Waals surface area contributed by atoms with Gasteiger partial charge in [0.2, 0.25) is 5.91 Å².